The van der Waals surface area contributed by atoms with Gasteiger partial charge in [-0.3, -0.25) is 9.63 Å². The first kappa shape index (κ1) is 12.7. The van der Waals surface area contributed by atoms with E-state index in [1.54, 1.807) is 24.5 Å². The van der Waals surface area contributed by atoms with Crippen LogP contribution in [0, 0.1) is 6.92 Å². The van der Waals surface area contributed by atoms with Gasteiger partial charge in [0.2, 0.25) is 0 Å². The summed E-state index contributed by atoms with van der Waals surface area (Å²) in [6.45, 7) is 1.96. The van der Waals surface area contributed by atoms with E-state index in [0.29, 0.717) is 5.56 Å². The average molecular weight is 262 g/mol. The van der Waals surface area contributed by atoms with Crippen molar-refractivity contribution >= 4 is 17.2 Å². The molecule has 0 aliphatic carbocycles. The lowest BCUT2D eigenvalue weighted by Gasteiger charge is -2.13. The summed E-state index contributed by atoms with van der Waals surface area (Å²) < 4.78 is 0. The first-order chi connectivity index (χ1) is 8.61. The summed E-state index contributed by atoms with van der Waals surface area (Å²) >= 11 is 1.59. The number of hydrogen-bond donors (Lipinski definition) is 0. The standard InChI is InChI=1S/C13H14N2O2S/c1-9-14-12(8-18-9)10-5-4-6-11(7-10)13(16)15(2)17-3/h4-8H,1-3H3. The van der Waals surface area contributed by atoms with Gasteiger partial charge in [-0.05, 0) is 19.1 Å². The highest BCUT2D eigenvalue weighted by atomic mass is 32.1. The molecule has 18 heavy (non-hydrogen) atoms. The Morgan fingerprint density at radius 2 is 2.22 bits per heavy atom. The number of aryl methyl sites for hydroxylation is 1. The van der Waals surface area contributed by atoms with Crippen LogP contribution >= 0.6 is 11.3 Å². The lowest BCUT2D eigenvalue weighted by molar-refractivity contribution is -0.0756. The maximum absolute atomic E-state index is 11.9. The van der Waals surface area contributed by atoms with Gasteiger partial charge in [0.1, 0.15) is 0 Å². The van der Waals surface area contributed by atoms with Crippen LogP contribution in [0.15, 0.2) is 29.6 Å². The van der Waals surface area contributed by atoms with Crippen LogP contribution in [0.1, 0.15) is 15.4 Å². The molecule has 1 amide bonds. The molecule has 0 spiro atoms. The van der Waals surface area contributed by atoms with Gasteiger partial charge in [0, 0.05) is 23.6 Å². The minimum atomic E-state index is -0.175. The van der Waals surface area contributed by atoms with Crippen LogP contribution in [0.2, 0.25) is 0 Å². The number of amides is 1. The Kier molecular flexibility index (Phi) is 3.74. The number of carbonyl (C=O) groups is 1. The SMILES string of the molecule is CON(C)C(=O)c1cccc(-c2csc(C)n2)c1. The van der Waals surface area contributed by atoms with Gasteiger partial charge < -0.3 is 0 Å². The molecule has 0 atom stereocenters. The second-order valence-electron chi connectivity index (χ2n) is 3.82. The van der Waals surface area contributed by atoms with E-state index in [2.05, 4.69) is 4.98 Å². The summed E-state index contributed by atoms with van der Waals surface area (Å²) in [4.78, 5) is 21.2. The van der Waals surface area contributed by atoms with E-state index in [4.69, 9.17) is 4.84 Å². The molecule has 1 aromatic carbocycles. The van der Waals surface area contributed by atoms with Crippen molar-refractivity contribution in [3.63, 3.8) is 0 Å². The molecule has 2 rings (SSSR count). The largest absolute Gasteiger partial charge is 0.277 e. The van der Waals surface area contributed by atoms with E-state index in [9.17, 15) is 4.79 Å². The van der Waals surface area contributed by atoms with Gasteiger partial charge in [-0.25, -0.2) is 10.0 Å². The zero-order valence-corrected chi connectivity index (χ0v) is 11.3. The molecular weight excluding hydrogens is 248 g/mol. The Morgan fingerprint density at radius 3 is 2.83 bits per heavy atom. The molecule has 1 heterocycles. The van der Waals surface area contributed by atoms with Crippen LogP contribution in [-0.4, -0.2) is 30.1 Å². The second kappa shape index (κ2) is 5.29. The van der Waals surface area contributed by atoms with Crippen molar-refractivity contribution in [1.29, 1.82) is 0 Å². The minimum Gasteiger partial charge on any atom is -0.274 e. The van der Waals surface area contributed by atoms with Crippen molar-refractivity contribution < 1.29 is 9.63 Å². The van der Waals surface area contributed by atoms with Crippen LogP contribution in [0.3, 0.4) is 0 Å². The smallest absolute Gasteiger partial charge is 0.274 e. The van der Waals surface area contributed by atoms with Gasteiger partial charge in [-0.2, -0.15) is 0 Å². The first-order valence-corrected chi connectivity index (χ1v) is 6.34. The topological polar surface area (TPSA) is 42.4 Å². The summed E-state index contributed by atoms with van der Waals surface area (Å²) in [5.74, 6) is -0.175. The molecule has 0 radical (unpaired) electrons. The number of thiazole rings is 1. The van der Waals surface area contributed by atoms with Gasteiger partial charge in [-0.1, -0.05) is 12.1 Å². The molecule has 0 saturated heterocycles. The molecule has 0 N–H and O–H groups in total. The lowest BCUT2D eigenvalue weighted by atomic mass is 10.1. The molecule has 5 heteroatoms. The Balaban J connectivity index is 2.33. The van der Waals surface area contributed by atoms with Gasteiger partial charge in [0.05, 0.1) is 17.8 Å². The Morgan fingerprint density at radius 1 is 1.44 bits per heavy atom. The number of benzene rings is 1. The monoisotopic (exact) mass is 262 g/mol. The van der Waals surface area contributed by atoms with Crippen molar-refractivity contribution in [3.05, 3.63) is 40.2 Å². The summed E-state index contributed by atoms with van der Waals surface area (Å²) in [5, 5.41) is 4.19. The molecule has 0 fully saturated rings. The second-order valence-corrected chi connectivity index (χ2v) is 4.88. The third-order valence-electron chi connectivity index (χ3n) is 2.58. The summed E-state index contributed by atoms with van der Waals surface area (Å²) in [6, 6.07) is 7.38. The lowest BCUT2D eigenvalue weighted by Crippen LogP contribution is -2.25. The van der Waals surface area contributed by atoms with Crippen LogP contribution in [0.5, 0.6) is 0 Å². The Hall–Kier alpha value is -1.72. The molecule has 0 aliphatic rings. The zero-order valence-electron chi connectivity index (χ0n) is 10.5. The van der Waals surface area contributed by atoms with Crippen molar-refractivity contribution in [1.82, 2.24) is 10.0 Å². The molecule has 1 aromatic heterocycles. The van der Waals surface area contributed by atoms with E-state index in [1.807, 2.05) is 30.5 Å². The molecule has 0 unspecified atom stereocenters. The average Bonchev–Trinajstić information content (AvgIpc) is 2.84. The number of rotatable bonds is 3. The van der Waals surface area contributed by atoms with Crippen molar-refractivity contribution in [2.75, 3.05) is 14.2 Å². The molecular formula is C13H14N2O2S. The minimum absolute atomic E-state index is 0.175. The zero-order chi connectivity index (χ0) is 13.1. The first-order valence-electron chi connectivity index (χ1n) is 5.46. The quantitative estimate of drug-likeness (QED) is 0.799. The van der Waals surface area contributed by atoms with Gasteiger partial charge >= 0.3 is 0 Å². The van der Waals surface area contributed by atoms with Crippen molar-refractivity contribution in [3.8, 4) is 11.3 Å². The Bertz CT molecular complexity index is 566. The summed E-state index contributed by atoms with van der Waals surface area (Å²) in [7, 11) is 3.05. The van der Waals surface area contributed by atoms with Crippen LogP contribution < -0.4 is 0 Å². The highest BCUT2D eigenvalue weighted by Gasteiger charge is 2.12. The maximum Gasteiger partial charge on any atom is 0.277 e. The highest BCUT2D eigenvalue weighted by Crippen LogP contribution is 2.22. The molecule has 4 nitrogen and oxygen atoms in total. The highest BCUT2D eigenvalue weighted by molar-refractivity contribution is 7.09. The number of nitrogens with zero attached hydrogens (tertiary/aromatic N) is 2. The van der Waals surface area contributed by atoms with Crippen LogP contribution in [0.4, 0.5) is 0 Å². The fourth-order valence-corrected chi connectivity index (χ4v) is 2.19. The van der Waals surface area contributed by atoms with Crippen molar-refractivity contribution in [2.45, 2.75) is 6.92 Å². The predicted molar refractivity (Wildman–Crippen MR) is 71.4 cm³/mol. The van der Waals surface area contributed by atoms with Gasteiger partial charge in [-0.15, -0.1) is 11.3 Å². The molecule has 2 aromatic rings. The van der Waals surface area contributed by atoms with E-state index in [1.165, 1.54) is 12.2 Å². The Labute approximate surface area is 110 Å². The number of carbonyl (C=O) groups excluding carboxylic acids is 1. The fourth-order valence-electron chi connectivity index (χ4n) is 1.57. The fraction of sp³-hybridized carbons (Fsp3) is 0.231. The van der Waals surface area contributed by atoms with E-state index in [-0.39, 0.29) is 5.91 Å². The third-order valence-corrected chi connectivity index (χ3v) is 3.36. The normalized spacial score (nSPS) is 10.4. The number of hydrogen-bond acceptors (Lipinski definition) is 4. The molecule has 0 saturated carbocycles. The predicted octanol–water partition coefficient (Wildman–Crippen LogP) is 2.75. The molecule has 0 aliphatic heterocycles. The number of hydroxylamine groups is 2. The maximum atomic E-state index is 11.9. The summed E-state index contributed by atoms with van der Waals surface area (Å²) in [6.07, 6.45) is 0. The summed E-state index contributed by atoms with van der Waals surface area (Å²) in [5.41, 5.74) is 2.42. The third kappa shape index (κ3) is 2.57. The van der Waals surface area contributed by atoms with Gasteiger partial charge in [0.15, 0.2) is 0 Å². The number of aromatic nitrogens is 1. The molecule has 0 bridgehead atoms. The van der Waals surface area contributed by atoms with Crippen molar-refractivity contribution in [2.24, 2.45) is 0 Å². The van der Waals surface area contributed by atoms with Crippen LogP contribution in [0.25, 0.3) is 11.3 Å². The molecule has 94 valence electrons. The van der Waals surface area contributed by atoms with E-state index < -0.39 is 0 Å². The van der Waals surface area contributed by atoms with Gasteiger partial charge in [0.25, 0.3) is 5.91 Å². The van der Waals surface area contributed by atoms with E-state index >= 15 is 0 Å². The van der Waals surface area contributed by atoms with Crippen LogP contribution in [-0.2, 0) is 4.84 Å². The van der Waals surface area contributed by atoms with E-state index in [0.717, 1.165) is 16.3 Å².